The fraction of sp³-hybridized carbons (Fsp3) is 0.333. The molecule has 1 N–H and O–H groups in total. The minimum Gasteiger partial charge on any atom is -0.482 e. The van der Waals surface area contributed by atoms with Gasteiger partial charge in [0.15, 0.2) is 6.61 Å². The van der Waals surface area contributed by atoms with Crippen molar-refractivity contribution in [3.8, 4) is 5.75 Å². The van der Waals surface area contributed by atoms with E-state index in [2.05, 4.69) is 10.4 Å². The highest BCUT2D eigenvalue weighted by molar-refractivity contribution is 6.32. The van der Waals surface area contributed by atoms with Crippen molar-refractivity contribution in [1.82, 2.24) is 14.7 Å². The van der Waals surface area contributed by atoms with Crippen molar-refractivity contribution in [3.05, 3.63) is 41.4 Å². The summed E-state index contributed by atoms with van der Waals surface area (Å²) in [5, 5.41) is 6.95. The van der Waals surface area contributed by atoms with Gasteiger partial charge in [-0.25, -0.2) is 4.39 Å². The Morgan fingerprint density at radius 2 is 2.26 bits per heavy atom. The van der Waals surface area contributed by atoms with Gasteiger partial charge in [-0.1, -0.05) is 11.6 Å². The minimum atomic E-state index is -0.461. The molecule has 1 amide bonds. The van der Waals surface area contributed by atoms with Crippen LogP contribution >= 0.6 is 11.6 Å². The van der Waals surface area contributed by atoms with Crippen molar-refractivity contribution in [3.63, 3.8) is 0 Å². The Morgan fingerprint density at radius 3 is 2.96 bits per heavy atom. The van der Waals surface area contributed by atoms with E-state index in [1.807, 2.05) is 19.0 Å². The molecule has 0 atom stereocenters. The van der Waals surface area contributed by atoms with Crippen LogP contribution in [0.4, 0.5) is 10.1 Å². The van der Waals surface area contributed by atoms with E-state index < -0.39 is 5.82 Å². The van der Waals surface area contributed by atoms with E-state index in [1.165, 1.54) is 12.1 Å². The maximum atomic E-state index is 12.9. The van der Waals surface area contributed by atoms with E-state index in [-0.39, 0.29) is 23.3 Å². The SMILES string of the molecule is CN(C)CCn1cc(NC(=O)COc2ccc(F)cc2Cl)cn1. The molecule has 2 aromatic rings. The molecule has 0 saturated heterocycles. The summed E-state index contributed by atoms with van der Waals surface area (Å²) in [5.74, 6) is -0.556. The monoisotopic (exact) mass is 340 g/mol. The lowest BCUT2D eigenvalue weighted by atomic mass is 10.3. The van der Waals surface area contributed by atoms with E-state index in [0.717, 1.165) is 19.2 Å². The Hall–Kier alpha value is -2.12. The number of carbonyl (C=O) groups is 1. The quantitative estimate of drug-likeness (QED) is 0.840. The van der Waals surface area contributed by atoms with Crippen LogP contribution in [0.5, 0.6) is 5.75 Å². The summed E-state index contributed by atoms with van der Waals surface area (Å²) in [6.07, 6.45) is 3.31. The molecule has 0 bridgehead atoms. The predicted molar refractivity (Wildman–Crippen MR) is 86.3 cm³/mol. The van der Waals surface area contributed by atoms with Gasteiger partial charge in [0.05, 0.1) is 23.5 Å². The molecule has 0 radical (unpaired) electrons. The van der Waals surface area contributed by atoms with Gasteiger partial charge in [0.1, 0.15) is 11.6 Å². The third-order valence-corrected chi connectivity index (χ3v) is 3.24. The summed E-state index contributed by atoms with van der Waals surface area (Å²) in [4.78, 5) is 13.9. The molecule has 1 aromatic heterocycles. The predicted octanol–water partition coefficient (Wildman–Crippen LogP) is 2.25. The van der Waals surface area contributed by atoms with Gasteiger partial charge in [-0.05, 0) is 32.3 Å². The van der Waals surface area contributed by atoms with Crippen molar-refractivity contribution >= 4 is 23.2 Å². The van der Waals surface area contributed by atoms with Crippen molar-refractivity contribution < 1.29 is 13.9 Å². The third kappa shape index (κ3) is 5.54. The lowest BCUT2D eigenvalue weighted by Crippen LogP contribution is -2.20. The maximum Gasteiger partial charge on any atom is 0.262 e. The highest BCUT2D eigenvalue weighted by Gasteiger charge is 2.08. The molecule has 1 aromatic carbocycles. The van der Waals surface area contributed by atoms with Crippen LogP contribution in [-0.2, 0) is 11.3 Å². The molecule has 0 unspecified atom stereocenters. The first-order chi connectivity index (χ1) is 10.9. The second-order valence-corrected chi connectivity index (χ2v) is 5.61. The first-order valence-electron chi connectivity index (χ1n) is 6.99. The van der Waals surface area contributed by atoms with Gasteiger partial charge in [0.2, 0.25) is 0 Å². The van der Waals surface area contributed by atoms with Gasteiger partial charge >= 0.3 is 0 Å². The molecule has 6 nitrogen and oxygen atoms in total. The molecule has 124 valence electrons. The van der Waals surface area contributed by atoms with Gasteiger partial charge < -0.3 is 15.0 Å². The van der Waals surface area contributed by atoms with Gasteiger partial charge in [-0.15, -0.1) is 0 Å². The number of ether oxygens (including phenoxy) is 1. The number of nitrogens with one attached hydrogen (secondary N) is 1. The van der Waals surface area contributed by atoms with Crippen LogP contribution in [0.2, 0.25) is 5.02 Å². The zero-order valence-electron chi connectivity index (χ0n) is 12.9. The number of anilines is 1. The van der Waals surface area contributed by atoms with Crippen LogP contribution in [0, 0.1) is 5.82 Å². The van der Waals surface area contributed by atoms with Crippen LogP contribution < -0.4 is 10.1 Å². The van der Waals surface area contributed by atoms with Crippen molar-refractivity contribution in [2.75, 3.05) is 32.6 Å². The molecule has 0 fully saturated rings. The van der Waals surface area contributed by atoms with Gasteiger partial charge in [-0.2, -0.15) is 5.10 Å². The molecular formula is C15H18ClFN4O2. The number of amides is 1. The smallest absolute Gasteiger partial charge is 0.262 e. The van der Waals surface area contributed by atoms with E-state index >= 15 is 0 Å². The Labute approximate surface area is 138 Å². The first kappa shape index (κ1) is 17.2. The lowest BCUT2D eigenvalue weighted by molar-refractivity contribution is -0.118. The summed E-state index contributed by atoms with van der Waals surface area (Å²) in [6.45, 7) is 1.35. The molecule has 0 aliphatic rings. The highest BCUT2D eigenvalue weighted by atomic mass is 35.5. The van der Waals surface area contributed by atoms with Crippen LogP contribution in [0.25, 0.3) is 0 Å². The summed E-state index contributed by atoms with van der Waals surface area (Å²) in [5.41, 5.74) is 0.586. The van der Waals surface area contributed by atoms with Crippen LogP contribution in [-0.4, -0.2) is 47.8 Å². The zero-order valence-corrected chi connectivity index (χ0v) is 13.7. The van der Waals surface area contributed by atoms with Crippen LogP contribution in [0.3, 0.4) is 0 Å². The van der Waals surface area contributed by atoms with E-state index in [0.29, 0.717) is 5.69 Å². The highest BCUT2D eigenvalue weighted by Crippen LogP contribution is 2.24. The number of carbonyl (C=O) groups excluding carboxylic acids is 1. The normalized spacial score (nSPS) is 10.8. The third-order valence-electron chi connectivity index (χ3n) is 2.95. The van der Waals surface area contributed by atoms with Gasteiger partial charge in [-0.3, -0.25) is 9.48 Å². The number of nitrogens with zero attached hydrogens (tertiary/aromatic N) is 3. The summed E-state index contributed by atoms with van der Waals surface area (Å²) >= 11 is 5.82. The first-order valence-corrected chi connectivity index (χ1v) is 7.37. The Bertz CT molecular complexity index is 675. The largest absolute Gasteiger partial charge is 0.482 e. The number of hydrogen-bond donors (Lipinski definition) is 1. The fourth-order valence-electron chi connectivity index (χ4n) is 1.79. The average Bonchev–Trinajstić information content (AvgIpc) is 2.91. The van der Waals surface area contributed by atoms with Crippen molar-refractivity contribution in [2.45, 2.75) is 6.54 Å². The van der Waals surface area contributed by atoms with Crippen LogP contribution in [0.15, 0.2) is 30.6 Å². The molecule has 23 heavy (non-hydrogen) atoms. The molecule has 1 heterocycles. The lowest BCUT2D eigenvalue weighted by Gasteiger charge is -2.09. The summed E-state index contributed by atoms with van der Waals surface area (Å²) in [7, 11) is 3.95. The standard InChI is InChI=1S/C15H18ClFN4O2/c1-20(2)5-6-21-9-12(8-18-21)19-15(22)10-23-14-4-3-11(17)7-13(14)16/h3-4,7-9H,5-6,10H2,1-2H3,(H,19,22). The molecule has 8 heteroatoms. The second-order valence-electron chi connectivity index (χ2n) is 5.21. The number of likely N-dealkylation sites (N-methyl/N-ethyl adjacent to an activating group) is 1. The Kier molecular flexibility index (Phi) is 5.95. The minimum absolute atomic E-state index is 0.120. The number of halogens is 2. The molecule has 0 spiro atoms. The van der Waals surface area contributed by atoms with Gasteiger partial charge in [0.25, 0.3) is 5.91 Å². The number of benzene rings is 1. The topological polar surface area (TPSA) is 59.4 Å². The zero-order chi connectivity index (χ0) is 16.8. The maximum absolute atomic E-state index is 12.9. The van der Waals surface area contributed by atoms with Crippen molar-refractivity contribution in [1.29, 1.82) is 0 Å². The average molecular weight is 341 g/mol. The molecule has 0 saturated carbocycles. The molecule has 0 aliphatic carbocycles. The number of hydrogen-bond acceptors (Lipinski definition) is 4. The van der Waals surface area contributed by atoms with Gasteiger partial charge in [0, 0.05) is 12.7 Å². The van der Waals surface area contributed by atoms with E-state index in [1.54, 1.807) is 17.1 Å². The Balaban J connectivity index is 1.82. The fourth-order valence-corrected chi connectivity index (χ4v) is 2.01. The second kappa shape index (κ2) is 7.94. The van der Waals surface area contributed by atoms with E-state index in [4.69, 9.17) is 16.3 Å². The number of aromatic nitrogens is 2. The summed E-state index contributed by atoms with van der Waals surface area (Å²) < 4.78 is 19.9. The van der Waals surface area contributed by atoms with E-state index in [9.17, 15) is 9.18 Å². The van der Waals surface area contributed by atoms with Crippen molar-refractivity contribution in [2.24, 2.45) is 0 Å². The van der Waals surface area contributed by atoms with Crippen LogP contribution in [0.1, 0.15) is 0 Å². The summed E-state index contributed by atoms with van der Waals surface area (Å²) in [6, 6.07) is 3.72. The molecule has 2 rings (SSSR count). The number of rotatable bonds is 7. The Morgan fingerprint density at radius 1 is 1.48 bits per heavy atom. The molecular weight excluding hydrogens is 323 g/mol. The molecule has 0 aliphatic heterocycles.